The Morgan fingerprint density at radius 2 is 2.00 bits per heavy atom. The van der Waals surface area contributed by atoms with Crippen molar-refractivity contribution in [3.63, 3.8) is 0 Å². The van der Waals surface area contributed by atoms with E-state index in [0.29, 0.717) is 13.0 Å². The van der Waals surface area contributed by atoms with Gasteiger partial charge in [-0.25, -0.2) is 8.42 Å². The minimum atomic E-state index is -3.01. The Morgan fingerprint density at radius 1 is 1.41 bits per heavy atom. The maximum absolute atomic E-state index is 11.9. The van der Waals surface area contributed by atoms with E-state index in [-0.39, 0.29) is 23.6 Å². The molecule has 17 heavy (non-hydrogen) atoms. The van der Waals surface area contributed by atoms with E-state index in [1.165, 1.54) is 11.2 Å². The van der Waals surface area contributed by atoms with Gasteiger partial charge in [0.25, 0.3) is 0 Å². The summed E-state index contributed by atoms with van der Waals surface area (Å²) in [6, 6.07) is 0. The first-order chi connectivity index (χ1) is 7.78. The maximum Gasteiger partial charge on any atom is 0.222 e. The van der Waals surface area contributed by atoms with Crippen LogP contribution in [0, 0.1) is 5.41 Å². The number of sulfone groups is 1. The van der Waals surface area contributed by atoms with Gasteiger partial charge < -0.3 is 10.6 Å². The Morgan fingerprint density at radius 3 is 2.35 bits per heavy atom. The second-order valence-electron chi connectivity index (χ2n) is 5.18. The molecule has 0 radical (unpaired) electrons. The van der Waals surface area contributed by atoms with Crippen molar-refractivity contribution in [1.82, 2.24) is 4.90 Å². The van der Waals surface area contributed by atoms with E-state index in [1.807, 2.05) is 0 Å². The zero-order valence-electron chi connectivity index (χ0n) is 10.6. The lowest BCUT2D eigenvalue weighted by Crippen LogP contribution is -2.43. The second kappa shape index (κ2) is 5.35. The Hall–Kier alpha value is -0.620. The number of rotatable bonds is 6. The fourth-order valence-electron chi connectivity index (χ4n) is 2.01. The molecule has 0 bridgehead atoms. The highest BCUT2D eigenvalue weighted by atomic mass is 32.2. The summed E-state index contributed by atoms with van der Waals surface area (Å²) in [5.74, 6) is 0.0176. The predicted molar refractivity (Wildman–Crippen MR) is 67.3 cm³/mol. The van der Waals surface area contributed by atoms with Crippen LogP contribution in [0.5, 0.6) is 0 Å². The molecule has 1 aliphatic rings. The molecule has 5 nitrogen and oxygen atoms in total. The Bertz CT molecular complexity index is 369. The average Bonchev–Trinajstić information content (AvgIpc) is 2.18. The van der Waals surface area contributed by atoms with E-state index in [2.05, 4.69) is 0 Å². The topological polar surface area (TPSA) is 80.5 Å². The van der Waals surface area contributed by atoms with Crippen molar-refractivity contribution in [2.45, 2.75) is 25.7 Å². The van der Waals surface area contributed by atoms with Gasteiger partial charge in [0.15, 0.2) is 0 Å². The molecule has 2 N–H and O–H groups in total. The van der Waals surface area contributed by atoms with Crippen LogP contribution < -0.4 is 5.73 Å². The van der Waals surface area contributed by atoms with Gasteiger partial charge in [-0.05, 0) is 24.8 Å². The van der Waals surface area contributed by atoms with E-state index >= 15 is 0 Å². The number of nitrogens with two attached hydrogens (primary N) is 1. The SMILES string of the molecule is CN(CCS(C)(=O)=O)C(=O)CC1(CN)CCC1. The number of hydrogen-bond donors (Lipinski definition) is 1. The molecule has 100 valence electrons. The summed E-state index contributed by atoms with van der Waals surface area (Å²) in [6.07, 6.45) is 4.78. The largest absolute Gasteiger partial charge is 0.345 e. The monoisotopic (exact) mass is 262 g/mol. The lowest BCUT2D eigenvalue weighted by Gasteiger charge is -2.41. The highest BCUT2D eigenvalue weighted by Gasteiger charge is 2.38. The molecule has 0 aromatic carbocycles. The molecule has 1 fully saturated rings. The minimum absolute atomic E-state index is 0.00111. The Balaban J connectivity index is 2.42. The van der Waals surface area contributed by atoms with Gasteiger partial charge in [0, 0.05) is 26.3 Å². The third-order valence-corrected chi connectivity index (χ3v) is 4.52. The van der Waals surface area contributed by atoms with Gasteiger partial charge in [-0.3, -0.25) is 4.79 Å². The van der Waals surface area contributed by atoms with E-state index in [1.54, 1.807) is 7.05 Å². The van der Waals surface area contributed by atoms with Gasteiger partial charge in [-0.2, -0.15) is 0 Å². The first-order valence-electron chi connectivity index (χ1n) is 5.90. The average molecular weight is 262 g/mol. The number of amides is 1. The van der Waals surface area contributed by atoms with Gasteiger partial charge >= 0.3 is 0 Å². The number of hydrogen-bond acceptors (Lipinski definition) is 4. The zero-order chi connectivity index (χ0) is 13.1. The number of carbonyl (C=O) groups excluding carboxylic acids is 1. The molecule has 0 atom stereocenters. The highest BCUT2D eigenvalue weighted by Crippen LogP contribution is 2.43. The van der Waals surface area contributed by atoms with Crippen LogP contribution in [-0.4, -0.2) is 51.4 Å². The summed E-state index contributed by atoms with van der Waals surface area (Å²) in [7, 11) is -1.36. The molecule has 1 saturated carbocycles. The first-order valence-corrected chi connectivity index (χ1v) is 7.96. The fourth-order valence-corrected chi connectivity index (χ4v) is 2.62. The van der Waals surface area contributed by atoms with Crippen molar-refractivity contribution in [3.8, 4) is 0 Å². The van der Waals surface area contributed by atoms with Crippen LogP contribution >= 0.6 is 0 Å². The van der Waals surface area contributed by atoms with Gasteiger partial charge in [-0.1, -0.05) is 6.42 Å². The summed E-state index contributed by atoms with van der Waals surface area (Å²) >= 11 is 0. The van der Waals surface area contributed by atoms with Crippen LogP contribution in [0.25, 0.3) is 0 Å². The normalized spacial score (nSPS) is 18.5. The zero-order valence-corrected chi connectivity index (χ0v) is 11.4. The van der Waals surface area contributed by atoms with Crippen molar-refractivity contribution >= 4 is 15.7 Å². The quantitative estimate of drug-likeness (QED) is 0.731. The van der Waals surface area contributed by atoms with E-state index in [9.17, 15) is 13.2 Å². The van der Waals surface area contributed by atoms with Crippen LogP contribution in [0.1, 0.15) is 25.7 Å². The molecule has 0 aromatic heterocycles. The van der Waals surface area contributed by atoms with Crippen molar-refractivity contribution in [3.05, 3.63) is 0 Å². The predicted octanol–water partition coefficient (Wildman–Crippen LogP) is 0.00850. The Kier molecular flexibility index (Phi) is 4.55. The van der Waals surface area contributed by atoms with Gasteiger partial charge in [0.05, 0.1) is 5.75 Å². The maximum atomic E-state index is 11.9. The van der Waals surface area contributed by atoms with Crippen LogP contribution in [0.15, 0.2) is 0 Å². The number of nitrogens with zero attached hydrogens (tertiary/aromatic N) is 1. The van der Waals surface area contributed by atoms with E-state index < -0.39 is 9.84 Å². The molecular formula is C11H22N2O3S. The van der Waals surface area contributed by atoms with Crippen LogP contribution in [0.2, 0.25) is 0 Å². The van der Waals surface area contributed by atoms with Gasteiger partial charge in [0.2, 0.25) is 5.91 Å². The summed E-state index contributed by atoms with van der Waals surface area (Å²) in [4.78, 5) is 13.4. The van der Waals surface area contributed by atoms with Crippen molar-refractivity contribution < 1.29 is 13.2 Å². The van der Waals surface area contributed by atoms with E-state index in [0.717, 1.165) is 19.3 Å². The summed E-state index contributed by atoms with van der Waals surface area (Å²) < 4.78 is 22.0. The van der Waals surface area contributed by atoms with Crippen LogP contribution in [-0.2, 0) is 14.6 Å². The highest BCUT2D eigenvalue weighted by molar-refractivity contribution is 7.90. The van der Waals surface area contributed by atoms with Crippen molar-refractivity contribution in [1.29, 1.82) is 0 Å². The standard InChI is InChI=1S/C11H22N2O3S/c1-13(6-7-17(2,15)16)10(14)8-11(9-12)4-3-5-11/h3-9,12H2,1-2H3. The first kappa shape index (κ1) is 14.4. The summed E-state index contributed by atoms with van der Waals surface area (Å²) in [5.41, 5.74) is 5.68. The van der Waals surface area contributed by atoms with E-state index in [4.69, 9.17) is 5.73 Å². The van der Waals surface area contributed by atoms with Crippen molar-refractivity contribution in [2.75, 3.05) is 32.1 Å². The van der Waals surface area contributed by atoms with Gasteiger partial charge in [-0.15, -0.1) is 0 Å². The fraction of sp³-hybridized carbons (Fsp3) is 0.909. The molecule has 0 unspecified atom stereocenters. The molecular weight excluding hydrogens is 240 g/mol. The molecule has 1 amide bonds. The van der Waals surface area contributed by atoms with Crippen LogP contribution in [0.4, 0.5) is 0 Å². The lowest BCUT2D eigenvalue weighted by atomic mass is 9.66. The third kappa shape index (κ3) is 4.27. The van der Waals surface area contributed by atoms with Crippen molar-refractivity contribution in [2.24, 2.45) is 11.1 Å². The summed E-state index contributed by atoms with van der Waals surface area (Å²) in [6.45, 7) is 0.803. The molecule has 0 spiro atoms. The van der Waals surface area contributed by atoms with Crippen LogP contribution in [0.3, 0.4) is 0 Å². The smallest absolute Gasteiger partial charge is 0.222 e. The molecule has 1 rings (SSSR count). The minimum Gasteiger partial charge on any atom is -0.345 e. The third-order valence-electron chi connectivity index (χ3n) is 3.60. The molecule has 1 aliphatic carbocycles. The van der Waals surface area contributed by atoms with Gasteiger partial charge in [0.1, 0.15) is 9.84 Å². The summed E-state index contributed by atoms with van der Waals surface area (Å²) in [5, 5.41) is 0. The molecule has 0 heterocycles. The molecule has 6 heteroatoms. The number of carbonyl (C=O) groups is 1. The lowest BCUT2D eigenvalue weighted by molar-refractivity contribution is -0.133. The second-order valence-corrected chi connectivity index (χ2v) is 7.44. The molecule has 0 aromatic rings. The molecule has 0 saturated heterocycles. The molecule has 0 aliphatic heterocycles. The Labute approximate surface area is 103 Å².